The van der Waals surface area contributed by atoms with Crippen LogP contribution in [0.5, 0.6) is 0 Å². The minimum absolute atomic E-state index is 0. The predicted molar refractivity (Wildman–Crippen MR) is 58.9 cm³/mol. The fourth-order valence-electron chi connectivity index (χ4n) is 1.98. The second-order valence-electron chi connectivity index (χ2n) is 5.54. The molecule has 0 bridgehead atoms. The smallest absolute Gasteiger partial charge is 1.00 e. The molecule has 0 aromatic heterocycles. The van der Waals surface area contributed by atoms with E-state index >= 15 is 0 Å². The van der Waals surface area contributed by atoms with E-state index < -0.39 is 21.4 Å². The van der Waals surface area contributed by atoms with Gasteiger partial charge in [0.2, 0.25) is 0 Å². The summed E-state index contributed by atoms with van der Waals surface area (Å²) in [6, 6.07) is 0. The minimum atomic E-state index is -1.14. The molecule has 0 unspecified atom stereocenters. The molecule has 86 valence electrons. The van der Waals surface area contributed by atoms with E-state index in [1.165, 1.54) is 0 Å². The molecule has 0 aliphatic carbocycles. The second kappa shape index (κ2) is 9.39. The van der Waals surface area contributed by atoms with Gasteiger partial charge in [0.15, 0.2) is 0 Å². The van der Waals surface area contributed by atoms with Crippen LogP contribution in [-0.2, 0) is 21.4 Å². The molecule has 0 aliphatic rings. The summed E-state index contributed by atoms with van der Waals surface area (Å²) in [6.07, 6.45) is 0. The zero-order chi connectivity index (χ0) is 10.4. The quantitative estimate of drug-likeness (QED) is 0.613. The summed E-state index contributed by atoms with van der Waals surface area (Å²) in [5.74, 6) is 2.87. The van der Waals surface area contributed by atoms with Crippen molar-refractivity contribution in [1.82, 2.24) is 0 Å². The van der Waals surface area contributed by atoms with Crippen LogP contribution >= 0.6 is 0 Å². The Morgan fingerprint density at radius 3 is 1.00 bits per heavy atom. The van der Waals surface area contributed by atoms with Gasteiger partial charge in [0.25, 0.3) is 0 Å². The normalized spacial score (nSPS) is 10.9. The van der Waals surface area contributed by atoms with Crippen LogP contribution in [0.4, 0.5) is 0 Å². The van der Waals surface area contributed by atoms with Gasteiger partial charge in [-0.1, -0.05) is 0 Å². The summed E-state index contributed by atoms with van der Waals surface area (Å²) in [5.41, 5.74) is 0. The Morgan fingerprint density at radius 1 is 0.643 bits per heavy atom. The summed E-state index contributed by atoms with van der Waals surface area (Å²) in [4.78, 5) is 0. The molecule has 0 rings (SSSR count). The van der Waals surface area contributed by atoms with E-state index in [0.717, 1.165) is 17.8 Å². The van der Waals surface area contributed by atoms with Crippen LogP contribution in [0.15, 0.2) is 0 Å². The minimum Gasteiger partial charge on any atom is -1.00 e. The van der Waals surface area contributed by atoms with Gasteiger partial charge < -0.3 is 12.4 Å². The maximum absolute atomic E-state index is 2.39. The van der Waals surface area contributed by atoms with Crippen LogP contribution in [0.2, 0.25) is 12.5 Å². The van der Waals surface area contributed by atoms with Crippen molar-refractivity contribution in [2.24, 2.45) is 17.8 Å². The monoisotopic (exact) mass is 386 g/mol. The number of halogens is 1. The van der Waals surface area contributed by atoms with E-state index in [4.69, 9.17) is 0 Å². The van der Waals surface area contributed by atoms with Gasteiger partial charge in [0.1, 0.15) is 0 Å². The molecule has 0 spiro atoms. The van der Waals surface area contributed by atoms with Crippen LogP contribution in [-0.4, -0.2) is 0 Å². The van der Waals surface area contributed by atoms with Gasteiger partial charge in [0, 0.05) is 0 Å². The van der Waals surface area contributed by atoms with E-state index in [0.29, 0.717) is 0 Å². The molecule has 0 N–H and O–H groups in total. The zero-order valence-corrected chi connectivity index (χ0v) is 15.1. The first-order chi connectivity index (χ1) is 5.91. The summed E-state index contributed by atoms with van der Waals surface area (Å²) in [6.45, 7) is 14.4. The fraction of sp³-hybridized carbons (Fsp3) is 1.00. The Balaban J connectivity index is 0. The first kappa shape index (κ1) is 17.6. The first-order valence-corrected chi connectivity index (χ1v) is 13.4. The van der Waals surface area contributed by atoms with Crippen LogP contribution in [0, 0.1) is 17.8 Å². The molecule has 0 atom stereocenters. The largest absolute Gasteiger partial charge is 1.00 e. The van der Waals surface area contributed by atoms with Gasteiger partial charge in [-0.05, 0) is 0 Å². The molecular formula is C12H27ClHf. The Bertz CT molecular complexity index is 97.7. The third kappa shape index (κ3) is 11.2. The molecule has 14 heavy (non-hydrogen) atoms. The van der Waals surface area contributed by atoms with Crippen molar-refractivity contribution < 1.29 is 33.8 Å². The molecule has 0 aromatic rings. The summed E-state index contributed by atoms with van der Waals surface area (Å²) in [7, 11) is 0. The first-order valence-electron chi connectivity index (χ1n) is 5.75. The van der Waals surface area contributed by atoms with Crippen molar-refractivity contribution in [3.63, 3.8) is 0 Å². The third-order valence-electron chi connectivity index (χ3n) is 2.09. The van der Waals surface area contributed by atoms with Gasteiger partial charge in [0.05, 0.1) is 0 Å². The van der Waals surface area contributed by atoms with Crippen molar-refractivity contribution in [2.75, 3.05) is 0 Å². The molecule has 0 saturated heterocycles. The molecule has 0 saturated carbocycles. The molecular weight excluding hydrogens is 358 g/mol. The van der Waals surface area contributed by atoms with Crippen molar-refractivity contribution in [3.05, 3.63) is 0 Å². The molecule has 0 nitrogen and oxygen atoms in total. The Kier molecular flexibility index (Phi) is 11.8. The number of rotatable bonds is 6. The Morgan fingerprint density at radius 2 is 0.857 bits per heavy atom. The molecule has 0 amide bonds. The molecule has 2 heteroatoms. The van der Waals surface area contributed by atoms with Crippen molar-refractivity contribution in [1.29, 1.82) is 0 Å². The maximum Gasteiger partial charge on any atom is -1.00 e. The van der Waals surface area contributed by atoms with Crippen LogP contribution in [0.3, 0.4) is 0 Å². The average Bonchev–Trinajstić information content (AvgIpc) is 1.80. The summed E-state index contributed by atoms with van der Waals surface area (Å²) < 4.78 is 4.88. The van der Waals surface area contributed by atoms with Crippen LogP contribution in [0.25, 0.3) is 0 Å². The predicted octanol–water partition coefficient (Wildman–Crippen LogP) is 1.83. The SMILES string of the molecule is CC(C)[CH2][Hf+]([CH2]C(C)C)[CH2]C(C)C.[Cl-]. The molecule has 0 aliphatic heterocycles. The molecule has 0 radical (unpaired) electrons. The van der Waals surface area contributed by atoms with Crippen molar-refractivity contribution in [2.45, 2.75) is 54.1 Å². The standard InChI is InChI=1S/3C4H9.ClH.Hf/c3*1-4(2)3;;/h3*4H,1H2,2-3H3;1H;/q;;;;+1/p-1. The van der Waals surface area contributed by atoms with E-state index in [2.05, 4.69) is 41.5 Å². The van der Waals surface area contributed by atoms with E-state index in [-0.39, 0.29) is 12.4 Å². The molecule has 0 heterocycles. The van der Waals surface area contributed by atoms with E-state index in [1.54, 1.807) is 12.5 Å². The van der Waals surface area contributed by atoms with Crippen molar-refractivity contribution >= 4 is 0 Å². The van der Waals surface area contributed by atoms with Gasteiger partial charge in [-0.2, -0.15) is 0 Å². The van der Waals surface area contributed by atoms with Crippen LogP contribution < -0.4 is 12.4 Å². The fourth-order valence-corrected chi connectivity index (χ4v) is 16.2. The average molecular weight is 385 g/mol. The third-order valence-corrected chi connectivity index (χ3v) is 17.1. The second-order valence-corrected chi connectivity index (χ2v) is 15.3. The Hall–Kier alpha value is 1.16. The zero-order valence-electron chi connectivity index (χ0n) is 10.7. The van der Waals surface area contributed by atoms with Gasteiger partial charge in [-0.15, -0.1) is 0 Å². The number of hydrogen-bond donors (Lipinski definition) is 0. The van der Waals surface area contributed by atoms with E-state index in [9.17, 15) is 0 Å². The molecule has 0 aromatic carbocycles. The summed E-state index contributed by atoms with van der Waals surface area (Å²) >= 11 is -1.14. The van der Waals surface area contributed by atoms with Crippen molar-refractivity contribution in [3.8, 4) is 0 Å². The van der Waals surface area contributed by atoms with Gasteiger partial charge >= 0.3 is 93.3 Å². The topological polar surface area (TPSA) is 0 Å². The number of hydrogen-bond acceptors (Lipinski definition) is 0. The summed E-state index contributed by atoms with van der Waals surface area (Å²) in [5, 5.41) is 0. The maximum atomic E-state index is 2.39. The van der Waals surface area contributed by atoms with Crippen LogP contribution in [0.1, 0.15) is 41.5 Å². The molecule has 0 fully saturated rings. The Labute approximate surface area is 105 Å². The van der Waals surface area contributed by atoms with Gasteiger partial charge in [-0.25, -0.2) is 0 Å². The van der Waals surface area contributed by atoms with Gasteiger partial charge in [-0.3, -0.25) is 0 Å². The van der Waals surface area contributed by atoms with E-state index in [1.807, 2.05) is 0 Å².